The minimum Gasteiger partial charge on any atom is -0.393 e. The summed E-state index contributed by atoms with van der Waals surface area (Å²) in [6.07, 6.45) is 5.11. The molecule has 3 aliphatic carbocycles. The first-order chi connectivity index (χ1) is 5.65. The summed E-state index contributed by atoms with van der Waals surface area (Å²) in [4.78, 5) is 0. The first kappa shape index (κ1) is 8.27. The normalized spacial score (nSPS) is 52.3. The molecule has 3 aliphatic rings. The Balaban J connectivity index is 2.24. The van der Waals surface area contributed by atoms with Crippen LogP contribution in [-0.4, -0.2) is 21.9 Å². The summed E-state index contributed by atoms with van der Waals surface area (Å²) >= 11 is 0. The minimum absolute atomic E-state index is 0.0417. The third kappa shape index (κ3) is 1.02. The van der Waals surface area contributed by atoms with Crippen molar-refractivity contribution in [1.82, 2.24) is 0 Å². The molecule has 0 unspecified atom stereocenters. The molecule has 3 rings (SSSR count). The lowest BCUT2D eigenvalue weighted by Gasteiger charge is -2.49. The summed E-state index contributed by atoms with van der Waals surface area (Å²) in [5, 5.41) is 19.7. The molecule has 0 amide bonds. The maximum atomic E-state index is 10.1. The van der Waals surface area contributed by atoms with Crippen LogP contribution in [0, 0.1) is 11.8 Å². The molecular weight excluding hydrogens is 152 g/mol. The number of hydrogen-bond acceptors (Lipinski definition) is 2. The van der Waals surface area contributed by atoms with Crippen LogP contribution >= 0.6 is 0 Å². The minimum atomic E-state index is -0.777. The zero-order valence-electron chi connectivity index (χ0n) is 7.24. The Morgan fingerprint density at radius 1 is 1.42 bits per heavy atom. The predicted molar refractivity (Wildman–Crippen MR) is 46.6 cm³/mol. The van der Waals surface area contributed by atoms with E-state index in [-0.39, 0.29) is 12.0 Å². The second-order valence-corrected chi connectivity index (χ2v) is 4.25. The van der Waals surface area contributed by atoms with E-state index in [9.17, 15) is 10.2 Å². The van der Waals surface area contributed by atoms with Crippen molar-refractivity contribution in [2.45, 2.75) is 37.4 Å². The molecule has 0 radical (unpaired) electrons. The largest absolute Gasteiger partial charge is 0.393 e. The van der Waals surface area contributed by atoms with Gasteiger partial charge in [0.15, 0.2) is 0 Å². The average molecular weight is 168 g/mol. The highest BCUT2D eigenvalue weighted by molar-refractivity contribution is 5.09. The van der Waals surface area contributed by atoms with Crippen molar-refractivity contribution < 1.29 is 10.2 Å². The molecule has 0 aromatic heterocycles. The molecule has 0 aromatic carbocycles. The van der Waals surface area contributed by atoms with Crippen molar-refractivity contribution in [3.05, 3.63) is 12.7 Å². The van der Waals surface area contributed by atoms with Gasteiger partial charge in [0, 0.05) is 5.92 Å². The van der Waals surface area contributed by atoms with Crippen molar-refractivity contribution >= 4 is 0 Å². The number of aliphatic hydroxyl groups is 2. The molecule has 0 aromatic rings. The Kier molecular flexibility index (Phi) is 1.77. The number of aliphatic hydroxyl groups excluding tert-OH is 1. The van der Waals surface area contributed by atoms with E-state index in [2.05, 4.69) is 6.58 Å². The van der Waals surface area contributed by atoms with Gasteiger partial charge in [-0.2, -0.15) is 0 Å². The summed E-state index contributed by atoms with van der Waals surface area (Å²) in [6.45, 7) is 3.65. The van der Waals surface area contributed by atoms with Crippen LogP contribution in [0.2, 0.25) is 0 Å². The van der Waals surface area contributed by atoms with Crippen molar-refractivity contribution in [2.75, 3.05) is 0 Å². The molecule has 2 N–H and O–H groups in total. The first-order valence-corrected chi connectivity index (χ1v) is 4.70. The zero-order valence-corrected chi connectivity index (χ0v) is 7.24. The van der Waals surface area contributed by atoms with E-state index in [4.69, 9.17) is 0 Å². The number of hydrogen-bond donors (Lipinski definition) is 2. The van der Waals surface area contributed by atoms with Gasteiger partial charge in [-0.05, 0) is 31.6 Å². The maximum absolute atomic E-state index is 10.1. The van der Waals surface area contributed by atoms with E-state index in [1.54, 1.807) is 6.08 Å². The molecule has 2 bridgehead atoms. The molecule has 0 spiro atoms. The second-order valence-electron chi connectivity index (χ2n) is 4.25. The van der Waals surface area contributed by atoms with Gasteiger partial charge in [0.05, 0.1) is 11.7 Å². The lowest BCUT2D eigenvalue weighted by molar-refractivity contribution is -0.124. The van der Waals surface area contributed by atoms with Gasteiger partial charge in [-0.25, -0.2) is 0 Å². The summed E-state index contributed by atoms with van der Waals surface area (Å²) in [7, 11) is 0. The highest BCUT2D eigenvalue weighted by Gasteiger charge is 2.48. The molecule has 12 heavy (non-hydrogen) atoms. The van der Waals surface area contributed by atoms with Gasteiger partial charge in [-0.15, -0.1) is 6.58 Å². The zero-order chi connectivity index (χ0) is 8.77. The van der Waals surface area contributed by atoms with Gasteiger partial charge < -0.3 is 10.2 Å². The molecule has 0 saturated heterocycles. The smallest absolute Gasteiger partial charge is 0.0880 e. The van der Waals surface area contributed by atoms with E-state index in [1.165, 1.54) is 0 Å². The average Bonchev–Trinajstić information content (AvgIpc) is 2.04. The van der Waals surface area contributed by atoms with Crippen molar-refractivity contribution in [1.29, 1.82) is 0 Å². The molecule has 2 nitrogen and oxygen atoms in total. The topological polar surface area (TPSA) is 40.5 Å². The quantitative estimate of drug-likeness (QED) is 0.575. The fourth-order valence-electron chi connectivity index (χ4n) is 2.85. The van der Waals surface area contributed by atoms with Crippen LogP contribution in [0.4, 0.5) is 0 Å². The Bertz CT molecular complexity index is 202. The standard InChI is InChI=1S/C10H16O2/c1-2-10(12)6-7-3-4-8(10)9(11)5-7/h2,7-9,11-12H,1,3-6H2/t7-,8+,9-,10+/m0/s1. The van der Waals surface area contributed by atoms with Crippen molar-refractivity contribution in [3.8, 4) is 0 Å². The van der Waals surface area contributed by atoms with Crippen molar-refractivity contribution in [3.63, 3.8) is 0 Å². The Morgan fingerprint density at radius 3 is 2.58 bits per heavy atom. The Labute approximate surface area is 72.9 Å². The van der Waals surface area contributed by atoms with Gasteiger partial charge in [0.25, 0.3) is 0 Å². The molecule has 68 valence electrons. The van der Waals surface area contributed by atoms with Gasteiger partial charge in [0.2, 0.25) is 0 Å². The van der Waals surface area contributed by atoms with E-state index < -0.39 is 5.60 Å². The third-order valence-corrected chi connectivity index (χ3v) is 3.54. The lowest BCUT2D eigenvalue weighted by Crippen LogP contribution is -2.52. The molecular formula is C10H16O2. The van der Waals surface area contributed by atoms with Crippen LogP contribution < -0.4 is 0 Å². The first-order valence-electron chi connectivity index (χ1n) is 4.70. The van der Waals surface area contributed by atoms with Crippen LogP contribution in [0.3, 0.4) is 0 Å². The predicted octanol–water partition coefficient (Wildman–Crippen LogP) is 1.08. The second kappa shape index (κ2) is 2.57. The van der Waals surface area contributed by atoms with Gasteiger partial charge >= 0.3 is 0 Å². The number of rotatable bonds is 1. The molecule has 2 heteroatoms. The van der Waals surface area contributed by atoms with E-state index in [0.29, 0.717) is 5.92 Å². The summed E-state index contributed by atoms with van der Waals surface area (Å²) in [6, 6.07) is 0. The SMILES string of the molecule is C=C[C@@]1(O)C[C@H]2CC[C@@H]1[C@@H](O)C2. The summed E-state index contributed by atoms with van der Waals surface area (Å²) in [5.74, 6) is 0.549. The molecule has 3 saturated carbocycles. The molecule has 4 atom stereocenters. The maximum Gasteiger partial charge on any atom is 0.0880 e. The summed E-state index contributed by atoms with van der Waals surface area (Å²) in [5.41, 5.74) is -0.777. The van der Waals surface area contributed by atoms with E-state index in [0.717, 1.165) is 25.7 Å². The number of fused-ring (bicyclic) bond motifs is 3. The van der Waals surface area contributed by atoms with Crippen LogP contribution in [0.25, 0.3) is 0 Å². The fraction of sp³-hybridized carbons (Fsp3) is 0.800. The highest BCUT2D eigenvalue weighted by Crippen LogP contribution is 2.47. The van der Waals surface area contributed by atoms with Crippen LogP contribution in [0.15, 0.2) is 12.7 Å². The third-order valence-electron chi connectivity index (χ3n) is 3.54. The van der Waals surface area contributed by atoms with Gasteiger partial charge in [0.1, 0.15) is 0 Å². The van der Waals surface area contributed by atoms with Gasteiger partial charge in [-0.1, -0.05) is 6.08 Å². The van der Waals surface area contributed by atoms with Crippen molar-refractivity contribution in [2.24, 2.45) is 11.8 Å². The van der Waals surface area contributed by atoms with Crippen LogP contribution in [0.5, 0.6) is 0 Å². The lowest BCUT2D eigenvalue weighted by atomic mass is 9.61. The molecule has 0 heterocycles. The van der Waals surface area contributed by atoms with E-state index in [1.807, 2.05) is 0 Å². The van der Waals surface area contributed by atoms with Gasteiger partial charge in [-0.3, -0.25) is 0 Å². The highest BCUT2D eigenvalue weighted by atomic mass is 16.3. The van der Waals surface area contributed by atoms with Crippen LogP contribution in [0.1, 0.15) is 25.7 Å². The molecule has 3 fully saturated rings. The Morgan fingerprint density at radius 2 is 2.17 bits per heavy atom. The van der Waals surface area contributed by atoms with E-state index >= 15 is 0 Å². The monoisotopic (exact) mass is 168 g/mol. The summed E-state index contributed by atoms with van der Waals surface area (Å²) < 4.78 is 0. The Hall–Kier alpha value is -0.340. The van der Waals surface area contributed by atoms with Crippen LogP contribution in [-0.2, 0) is 0 Å². The molecule has 0 aliphatic heterocycles. The fourth-order valence-corrected chi connectivity index (χ4v) is 2.85.